The summed E-state index contributed by atoms with van der Waals surface area (Å²) in [4.78, 5) is 0. The lowest BCUT2D eigenvalue weighted by Crippen LogP contribution is -2.52. The number of nitrogens with one attached hydrogen (secondary N) is 1. The van der Waals surface area contributed by atoms with Crippen LogP contribution in [0, 0.1) is 5.92 Å². The van der Waals surface area contributed by atoms with E-state index in [9.17, 15) is 0 Å². The van der Waals surface area contributed by atoms with Crippen LogP contribution in [-0.4, -0.2) is 27.0 Å². The maximum atomic E-state index is 6.71. The molecule has 0 aromatic rings. The van der Waals surface area contributed by atoms with E-state index >= 15 is 0 Å². The van der Waals surface area contributed by atoms with Crippen LogP contribution in [0.15, 0.2) is 0 Å². The number of hydrogen-bond donors (Lipinski definition) is 1. The van der Waals surface area contributed by atoms with Crippen LogP contribution in [0.3, 0.4) is 0 Å². The van der Waals surface area contributed by atoms with Crippen LogP contribution in [0.4, 0.5) is 0 Å². The molecule has 0 rings (SSSR count). The van der Waals surface area contributed by atoms with Crippen LogP contribution in [-0.2, 0) is 4.43 Å². The largest absolute Gasteiger partial charge is 0.414 e. The summed E-state index contributed by atoms with van der Waals surface area (Å²) in [6, 6.07) is 0.970. The summed E-state index contributed by atoms with van der Waals surface area (Å²) in [5.41, 5.74) is 1.98. The zero-order chi connectivity index (χ0) is 16.1. The minimum absolute atomic E-state index is 0.457. The Morgan fingerprint density at radius 3 is 1.40 bits per heavy atom. The minimum atomic E-state index is -1.73. The van der Waals surface area contributed by atoms with Crippen LogP contribution in [0.25, 0.3) is 0 Å². The third-order valence-electron chi connectivity index (χ3n) is 4.57. The zero-order valence-electron chi connectivity index (χ0n) is 15.6. The quantitative estimate of drug-likeness (QED) is 0.591. The molecule has 0 aliphatic rings. The Morgan fingerprint density at radius 2 is 1.15 bits per heavy atom. The molecule has 0 bridgehead atoms. The highest BCUT2D eigenvalue weighted by Gasteiger charge is 2.45. The second-order valence-electron chi connectivity index (χ2n) is 7.80. The molecular formula is C17H39NOSi. The molecule has 0 amide bonds. The second-order valence-corrected chi connectivity index (χ2v) is 13.3. The van der Waals surface area contributed by atoms with Crippen molar-refractivity contribution in [1.29, 1.82) is 0 Å². The summed E-state index contributed by atoms with van der Waals surface area (Å²) in [7, 11) is -1.73. The molecule has 3 heteroatoms. The van der Waals surface area contributed by atoms with E-state index in [1.54, 1.807) is 0 Å². The Kier molecular flexibility index (Phi) is 8.61. The lowest BCUT2D eigenvalue weighted by molar-refractivity contribution is 0.200. The van der Waals surface area contributed by atoms with Gasteiger partial charge in [0.15, 0.2) is 8.32 Å². The third-order valence-corrected chi connectivity index (χ3v) is 10.7. The molecule has 1 unspecified atom stereocenters. The zero-order valence-corrected chi connectivity index (χ0v) is 16.6. The van der Waals surface area contributed by atoms with Crippen LogP contribution in [0.2, 0.25) is 16.6 Å². The average molecular weight is 302 g/mol. The van der Waals surface area contributed by atoms with Crippen molar-refractivity contribution in [3.63, 3.8) is 0 Å². The molecule has 0 spiro atoms. The first-order chi connectivity index (χ1) is 9.05. The standard InChI is InChI=1S/C17H39NOSi/c1-12(2)17(18-13(3)4)11-19-20(14(5)6,15(7)8)16(9)10/h12-18H,11H2,1-10H3. The highest BCUT2D eigenvalue weighted by atomic mass is 28.4. The Balaban J connectivity index is 4.99. The minimum Gasteiger partial charge on any atom is -0.414 e. The van der Waals surface area contributed by atoms with Crippen LogP contribution in [0.1, 0.15) is 69.2 Å². The van der Waals surface area contributed by atoms with Gasteiger partial charge >= 0.3 is 0 Å². The van der Waals surface area contributed by atoms with Gasteiger partial charge in [-0.2, -0.15) is 0 Å². The fourth-order valence-corrected chi connectivity index (χ4v) is 9.06. The van der Waals surface area contributed by atoms with E-state index in [-0.39, 0.29) is 0 Å². The molecule has 0 heterocycles. The first-order valence-electron chi connectivity index (χ1n) is 8.45. The Labute approximate surface area is 129 Å². The second kappa shape index (κ2) is 8.55. The lowest BCUT2D eigenvalue weighted by Gasteiger charge is -2.43. The van der Waals surface area contributed by atoms with E-state index in [0.29, 0.717) is 34.6 Å². The SMILES string of the molecule is CC(C)NC(CO[Si](C(C)C)(C(C)C)C(C)C)C(C)C. The molecule has 0 saturated heterocycles. The van der Waals surface area contributed by atoms with Gasteiger partial charge < -0.3 is 9.74 Å². The average Bonchev–Trinajstić information content (AvgIpc) is 2.25. The van der Waals surface area contributed by atoms with Gasteiger partial charge in [0.05, 0.1) is 0 Å². The molecule has 0 radical (unpaired) electrons. The van der Waals surface area contributed by atoms with E-state index in [0.717, 1.165) is 6.61 Å². The highest BCUT2D eigenvalue weighted by molar-refractivity contribution is 6.77. The molecule has 0 aliphatic heterocycles. The molecule has 0 fully saturated rings. The maximum absolute atomic E-state index is 6.71. The Morgan fingerprint density at radius 1 is 0.750 bits per heavy atom. The van der Waals surface area contributed by atoms with Crippen LogP contribution < -0.4 is 5.32 Å². The number of rotatable bonds is 9. The Bertz CT molecular complexity index is 240. The summed E-state index contributed by atoms with van der Waals surface area (Å²) in [5, 5.41) is 3.67. The van der Waals surface area contributed by atoms with Gasteiger partial charge in [-0.15, -0.1) is 0 Å². The molecule has 2 nitrogen and oxygen atoms in total. The molecule has 0 aliphatic carbocycles. The normalized spacial score (nSPS) is 15.2. The molecule has 20 heavy (non-hydrogen) atoms. The molecular weight excluding hydrogens is 262 g/mol. The van der Waals surface area contributed by atoms with Crippen molar-refractivity contribution in [3.8, 4) is 0 Å². The Hall–Kier alpha value is 0.137. The third kappa shape index (κ3) is 5.16. The molecule has 1 atom stereocenters. The van der Waals surface area contributed by atoms with Gasteiger partial charge in [-0.1, -0.05) is 69.2 Å². The fourth-order valence-electron chi connectivity index (χ4n) is 3.60. The molecule has 0 saturated carbocycles. The van der Waals surface area contributed by atoms with E-state index in [1.165, 1.54) is 0 Å². The van der Waals surface area contributed by atoms with E-state index in [2.05, 4.69) is 74.6 Å². The smallest absolute Gasteiger partial charge is 0.200 e. The highest BCUT2D eigenvalue weighted by Crippen LogP contribution is 2.42. The van der Waals surface area contributed by atoms with Crippen LogP contribution >= 0.6 is 0 Å². The lowest BCUT2D eigenvalue weighted by atomic mass is 10.0. The van der Waals surface area contributed by atoms with Crippen molar-refractivity contribution in [3.05, 3.63) is 0 Å². The summed E-state index contributed by atoms with van der Waals surface area (Å²) in [5.74, 6) is 0.607. The summed E-state index contributed by atoms with van der Waals surface area (Å²) < 4.78 is 6.71. The molecule has 1 N–H and O–H groups in total. The van der Waals surface area contributed by atoms with Gasteiger partial charge in [0.1, 0.15) is 0 Å². The number of hydrogen-bond acceptors (Lipinski definition) is 2. The van der Waals surface area contributed by atoms with Gasteiger partial charge in [0.25, 0.3) is 0 Å². The van der Waals surface area contributed by atoms with Crippen molar-refractivity contribution in [2.24, 2.45) is 5.92 Å². The van der Waals surface area contributed by atoms with Crippen molar-refractivity contribution in [1.82, 2.24) is 5.32 Å². The maximum Gasteiger partial charge on any atom is 0.200 e. The van der Waals surface area contributed by atoms with Crippen LogP contribution in [0.5, 0.6) is 0 Å². The van der Waals surface area contributed by atoms with Gasteiger partial charge in [0.2, 0.25) is 0 Å². The van der Waals surface area contributed by atoms with Crippen molar-refractivity contribution < 1.29 is 4.43 Å². The van der Waals surface area contributed by atoms with Crippen molar-refractivity contribution >= 4 is 8.32 Å². The molecule has 0 aromatic heterocycles. The predicted octanol–water partition coefficient (Wildman–Crippen LogP) is 5.20. The summed E-state index contributed by atoms with van der Waals surface area (Å²) in [6.45, 7) is 24.0. The fraction of sp³-hybridized carbons (Fsp3) is 1.00. The van der Waals surface area contributed by atoms with E-state index in [1.807, 2.05) is 0 Å². The summed E-state index contributed by atoms with van der Waals surface area (Å²) >= 11 is 0. The van der Waals surface area contributed by atoms with Gasteiger partial charge in [-0.3, -0.25) is 0 Å². The monoisotopic (exact) mass is 301 g/mol. The first-order valence-corrected chi connectivity index (χ1v) is 10.6. The van der Waals surface area contributed by atoms with Gasteiger partial charge in [-0.05, 0) is 22.5 Å². The predicted molar refractivity (Wildman–Crippen MR) is 93.9 cm³/mol. The first kappa shape index (κ1) is 20.1. The van der Waals surface area contributed by atoms with E-state index in [4.69, 9.17) is 4.43 Å². The van der Waals surface area contributed by atoms with Gasteiger partial charge in [-0.25, -0.2) is 0 Å². The topological polar surface area (TPSA) is 21.3 Å². The van der Waals surface area contributed by atoms with Crippen molar-refractivity contribution in [2.75, 3.05) is 6.61 Å². The van der Waals surface area contributed by atoms with Gasteiger partial charge in [0, 0.05) is 18.7 Å². The van der Waals surface area contributed by atoms with E-state index < -0.39 is 8.32 Å². The van der Waals surface area contributed by atoms with Crippen molar-refractivity contribution in [2.45, 2.75) is 97.9 Å². The molecule has 122 valence electrons. The summed E-state index contributed by atoms with van der Waals surface area (Å²) in [6.07, 6.45) is 0. The molecule has 0 aromatic carbocycles.